The van der Waals surface area contributed by atoms with E-state index in [9.17, 15) is 0 Å². The van der Waals surface area contributed by atoms with Gasteiger partial charge in [0, 0.05) is 24.7 Å². The molecule has 0 aliphatic carbocycles. The molecule has 0 unspecified atom stereocenters. The molecule has 116 valence electrons. The summed E-state index contributed by atoms with van der Waals surface area (Å²) in [5, 5.41) is 12.1. The zero-order valence-corrected chi connectivity index (χ0v) is 12.5. The molecule has 2 aromatic rings. The van der Waals surface area contributed by atoms with Crippen molar-refractivity contribution < 1.29 is 9.47 Å². The molecule has 1 N–H and O–H groups in total. The van der Waals surface area contributed by atoms with E-state index < -0.39 is 0 Å². The van der Waals surface area contributed by atoms with Crippen LogP contribution in [0, 0.1) is 0 Å². The Morgan fingerprint density at radius 3 is 2.95 bits per heavy atom. The molecule has 0 amide bonds. The maximum Gasteiger partial charge on any atom is 0.231 e. The minimum absolute atomic E-state index is 0.302. The third-order valence-electron chi connectivity index (χ3n) is 4.26. The van der Waals surface area contributed by atoms with Crippen LogP contribution in [0.4, 0.5) is 5.69 Å². The number of anilines is 1. The second kappa shape index (κ2) is 5.87. The van der Waals surface area contributed by atoms with Gasteiger partial charge in [0.2, 0.25) is 6.79 Å². The number of nitrogens with zero attached hydrogens (tertiary/aromatic N) is 3. The fraction of sp³-hybridized carbons (Fsp3) is 0.500. The first kappa shape index (κ1) is 13.4. The number of aryl methyl sites for hydroxylation is 1. The van der Waals surface area contributed by atoms with Crippen molar-refractivity contribution >= 4 is 5.69 Å². The summed E-state index contributed by atoms with van der Waals surface area (Å²) in [5.74, 6) is 3.73. The van der Waals surface area contributed by atoms with E-state index in [-0.39, 0.29) is 0 Å². The van der Waals surface area contributed by atoms with Crippen LogP contribution in [0.1, 0.15) is 37.3 Å². The SMILES string of the molecule is c1cc2c(cc1NCc1nnc3n1CCCCCC3)OCO2. The summed E-state index contributed by atoms with van der Waals surface area (Å²) in [5.41, 5.74) is 1.01. The first-order valence-corrected chi connectivity index (χ1v) is 7.94. The van der Waals surface area contributed by atoms with Crippen molar-refractivity contribution in [3.63, 3.8) is 0 Å². The van der Waals surface area contributed by atoms with E-state index in [1.54, 1.807) is 0 Å². The Balaban J connectivity index is 1.47. The first-order chi connectivity index (χ1) is 10.9. The van der Waals surface area contributed by atoms with E-state index in [0.29, 0.717) is 13.3 Å². The maximum atomic E-state index is 5.40. The van der Waals surface area contributed by atoms with Gasteiger partial charge < -0.3 is 19.4 Å². The van der Waals surface area contributed by atoms with Crippen LogP contribution in [-0.4, -0.2) is 21.6 Å². The van der Waals surface area contributed by atoms with Gasteiger partial charge >= 0.3 is 0 Å². The Bertz CT molecular complexity index is 668. The van der Waals surface area contributed by atoms with Crippen molar-refractivity contribution in [2.75, 3.05) is 12.1 Å². The van der Waals surface area contributed by atoms with Crippen LogP contribution in [0.25, 0.3) is 0 Å². The molecule has 22 heavy (non-hydrogen) atoms. The number of aromatic nitrogens is 3. The molecule has 6 heteroatoms. The number of hydrogen-bond donors (Lipinski definition) is 1. The van der Waals surface area contributed by atoms with Crippen molar-refractivity contribution in [2.24, 2.45) is 0 Å². The third-order valence-corrected chi connectivity index (χ3v) is 4.26. The minimum Gasteiger partial charge on any atom is -0.454 e. The molecule has 0 spiro atoms. The van der Waals surface area contributed by atoms with E-state index in [2.05, 4.69) is 20.1 Å². The molecule has 0 saturated carbocycles. The van der Waals surface area contributed by atoms with E-state index in [1.165, 1.54) is 25.7 Å². The third kappa shape index (κ3) is 2.61. The molecular weight excluding hydrogens is 280 g/mol. The molecule has 0 fully saturated rings. The fourth-order valence-electron chi connectivity index (χ4n) is 3.04. The van der Waals surface area contributed by atoms with Gasteiger partial charge in [0.05, 0.1) is 6.54 Å². The standard InChI is InChI=1S/C16H20N4O2/c1-2-4-8-20-15(5-3-1)18-19-16(20)10-17-12-6-7-13-14(9-12)22-11-21-13/h6-7,9,17H,1-5,8,10-11H2. The second-order valence-electron chi connectivity index (χ2n) is 5.77. The number of hydrogen-bond acceptors (Lipinski definition) is 5. The fourth-order valence-corrected chi connectivity index (χ4v) is 3.04. The lowest BCUT2D eigenvalue weighted by molar-refractivity contribution is 0.174. The van der Waals surface area contributed by atoms with E-state index >= 15 is 0 Å². The first-order valence-electron chi connectivity index (χ1n) is 7.94. The number of fused-ring (bicyclic) bond motifs is 2. The van der Waals surface area contributed by atoms with Crippen LogP contribution < -0.4 is 14.8 Å². The Morgan fingerprint density at radius 1 is 1.05 bits per heavy atom. The quantitative estimate of drug-likeness (QED) is 0.944. The van der Waals surface area contributed by atoms with Gasteiger partial charge in [-0.2, -0.15) is 0 Å². The van der Waals surface area contributed by atoms with Gasteiger partial charge in [0.1, 0.15) is 5.82 Å². The van der Waals surface area contributed by atoms with Crippen molar-refractivity contribution in [3.05, 3.63) is 29.8 Å². The molecule has 2 aliphatic heterocycles. The highest BCUT2D eigenvalue weighted by atomic mass is 16.7. The highest BCUT2D eigenvalue weighted by molar-refractivity contribution is 5.55. The van der Waals surface area contributed by atoms with Gasteiger partial charge in [-0.05, 0) is 25.0 Å². The molecule has 0 saturated heterocycles. The highest BCUT2D eigenvalue weighted by Crippen LogP contribution is 2.34. The predicted molar refractivity (Wildman–Crippen MR) is 82.1 cm³/mol. The topological polar surface area (TPSA) is 61.2 Å². The maximum absolute atomic E-state index is 5.40. The van der Waals surface area contributed by atoms with Gasteiger partial charge in [-0.15, -0.1) is 10.2 Å². The van der Waals surface area contributed by atoms with Gasteiger partial charge in [0.15, 0.2) is 17.3 Å². The van der Waals surface area contributed by atoms with Crippen LogP contribution in [0.2, 0.25) is 0 Å². The summed E-state index contributed by atoms with van der Waals surface area (Å²) in [6, 6.07) is 5.89. The second-order valence-corrected chi connectivity index (χ2v) is 5.77. The average Bonchev–Trinajstić information content (AvgIpc) is 3.11. The van der Waals surface area contributed by atoms with Gasteiger partial charge in [0.25, 0.3) is 0 Å². The number of benzene rings is 1. The Hall–Kier alpha value is -2.24. The molecule has 1 aromatic heterocycles. The van der Waals surface area contributed by atoms with Crippen LogP contribution in [0.3, 0.4) is 0 Å². The summed E-state index contributed by atoms with van der Waals surface area (Å²) in [4.78, 5) is 0. The predicted octanol–water partition coefficient (Wildman–Crippen LogP) is 2.74. The molecule has 6 nitrogen and oxygen atoms in total. The Kier molecular flexibility index (Phi) is 3.58. The Morgan fingerprint density at radius 2 is 1.95 bits per heavy atom. The lowest BCUT2D eigenvalue weighted by Crippen LogP contribution is -2.13. The van der Waals surface area contributed by atoms with Gasteiger partial charge in [-0.1, -0.05) is 12.8 Å². The highest BCUT2D eigenvalue weighted by Gasteiger charge is 2.15. The monoisotopic (exact) mass is 300 g/mol. The molecule has 4 rings (SSSR count). The van der Waals surface area contributed by atoms with E-state index in [0.717, 1.165) is 41.8 Å². The van der Waals surface area contributed by atoms with Crippen molar-refractivity contribution in [2.45, 2.75) is 45.2 Å². The summed E-state index contributed by atoms with van der Waals surface area (Å²) < 4.78 is 13.0. The summed E-state index contributed by atoms with van der Waals surface area (Å²) in [6.45, 7) is 2.00. The van der Waals surface area contributed by atoms with Crippen molar-refractivity contribution in [1.29, 1.82) is 0 Å². The zero-order valence-electron chi connectivity index (χ0n) is 12.5. The smallest absolute Gasteiger partial charge is 0.231 e. The largest absolute Gasteiger partial charge is 0.454 e. The molecule has 0 atom stereocenters. The zero-order chi connectivity index (χ0) is 14.8. The number of rotatable bonds is 3. The van der Waals surface area contributed by atoms with Crippen molar-refractivity contribution in [1.82, 2.24) is 14.8 Å². The van der Waals surface area contributed by atoms with E-state index in [1.807, 2.05) is 18.2 Å². The molecule has 2 aliphatic rings. The summed E-state index contributed by atoms with van der Waals surface area (Å²) in [6.07, 6.45) is 6.07. The molecule has 1 aromatic carbocycles. The lowest BCUT2D eigenvalue weighted by atomic mass is 10.1. The van der Waals surface area contributed by atoms with Crippen LogP contribution in [0.15, 0.2) is 18.2 Å². The average molecular weight is 300 g/mol. The lowest BCUT2D eigenvalue weighted by Gasteiger charge is -2.14. The number of ether oxygens (including phenoxy) is 2. The van der Waals surface area contributed by atoms with Crippen LogP contribution in [0.5, 0.6) is 11.5 Å². The van der Waals surface area contributed by atoms with Gasteiger partial charge in [-0.3, -0.25) is 0 Å². The Labute approximate surface area is 129 Å². The van der Waals surface area contributed by atoms with E-state index in [4.69, 9.17) is 9.47 Å². The summed E-state index contributed by atoms with van der Waals surface area (Å²) >= 11 is 0. The molecule has 0 bridgehead atoms. The number of nitrogens with one attached hydrogen (secondary N) is 1. The molecule has 0 radical (unpaired) electrons. The van der Waals surface area contributed by atoms with Crippen molar-refractivity contribution in [3.8, 4) is 11.5 Å². The normalized spacial score (nSPS) is 16.7. The van der Waals surface area contributed by atoms with Crippen LogP contribution >= 0.6 is 0 Å². The molecular formula is C16H20N4O2. The summed E-state index contributed by atoms with van der Waals surface area (Å²) in [7, 11) is 0. The molecule has 3 heterocycles. The van der Waals surface area contributed by atoms with Gasteiger partial charge in [-0.25, -0.2) is 0 Å². The van der Waals surface area contributed by atoms with Crippen LogP contribution in [-0.2, 0) is 19.5 Å². The minimum atomic E-state index is 0.302.